The summed E-state index contributed by atoms with van der Waals surface area (Å²) in [6.45, 7) is 4.47. The van der Waals surface area contributed by atoms with E-state index in [0.717, 1.165) is 25.7 Å². The topological polar surface area (TPSA) is 55.8 Å². The average Bonchev–Trinajstić information content (AvgIpc) is 2.43. The van der Waals surface area contributed by atoms with Gasteiger partial charge in [0.1, 0.15) is 13.2 Å². The quantitative estimate of drug-likeness (QED) is 0.287. The van der Waals surface area contributed by atoms with Crippen LogP contribution in [-0.2, 0) is 19.2 Å². The van der Waals surface area contributed by atoms with Crippen LogP contribution in [0.4, 0.5) is 0 Å². The van der Waals surface area contributed by atoms with Crippen LogP contribution in [0.1, 0.15) is 38.5 Å². The summed E-state index contributed by atoms with van der Waals surface area (Å²) in [4.78, 5) is 27.3. The summed E-state index contributed by atoms with van der Waals surface area (Å²) in [5.41, 5.74) is 0. The fourth-order valence-corrected chi connectivity index (χ4v) is 2.06. The normalized spacial score (nSPS) is 16.3. The van der Waals surface area contributed by atoms with E-state index in [4.69, 9.17) is 9.57 Å². The van der Waals surface area contributed by atoms with Gasteiger partial charge in [-0.05, 0) is 19.3 Å². The third-order valence-corrected chi connectivity index (χ3v) is 3.02. The van der Waals surface area contributed by atoms with Crippen molar-refractivity contribution < 1.29 is 19.2 Å². The fourth-order valence-electron chi connectivity index (χ4n) is 2.06. The average molecular weight is 256 g/mol. The lowest BCUT2D eigenvalue weighted by molar-refractivity contribution is -0.180. The molecule has 0 aromatic carbocycles. The number of esters is 1. The second kappa shape index (κ2) is 8.91. The molecule has 1 rings (SSSR count). The molecule has 0 aromatic heterocycles. The summed E-state index contributed by atoms with van der Waals surface area (Å²) in [5, 5.41) is 1.17. The van der Waals surface area contributed by atoms with Crippen LogP contribution in [0.25, 0.3) is 0 Å². The number of hydrogen-bond donors (Lipinski definition) is 0. The molecule has 0 atom stereocenters. The molecular weight excluding hydrogens is 234 g/mol. The highest BCUT2D eigenvalue weighted by Crippen LogP contribution is 2.24. The zero-order valence-corrected chi connectivity index (χ0v) is 10.8. The number of ether oxygens (including phenoxy) is 1. The highest BCUT2D eigenvalue weighted by atomic mass is 16.7. The zero-order chi connectivity index (χ0) is 13.2. The van der Waals surface area contributed by atoms with Gasteiger partial charge in [-0.15, -0.1) is 0 Å². The van der Waals surface area contributed by atoms with Gasteiger partial charge in [0.05, 0.1) is 5.92 Å². The maximum absolute atomic E-state index is 11.7. The maximum Gasteiger partial charge on any atom is 0.309 e. The molecule has 0 N–H and O–H groups in total. The molecule has 0 saturated heterocycles. The smallest absolute Gasteiger partial charge is 0.309 e. The van der Waals surface area contributed by atoms with Crippen LogP contribution >= 0.6 is 0 Å². The van der Waals surface area contributed by atoms with Crippen molar-refractivity contribution in [2.45, 2.75) is 38.5 Å². The Balaban J connectivity index is 2.09. The molecule has 0 unspecified atom stereocenters. The van der Waals surface area contributed by atoms with Gasteiger partial charge in [-0.2, -0.15) is 0 Å². The number of nitrogens with zero attached hydrogens (tertiary/aromatic N) is 1. The third-order valence-electron chi connectivity index (χ3n) is 3.02. The molecule has 1 amide bonds. The summed E-state index contributed by atoms with van der Waals surface area (Å²) in [6.07, 6.45) is 6.49. The van der Waals surface area contributed by atoms with E-state index in [1.807, 2.05) is 0 Å². The fraction of sp³-hybridized carbons (Fsp3) is 0.769. The van der Waals surface area contributed by atoms with Crippen LogP contribution in [0.3, 0.4) is 0 Å². The van der Waals surface area contributed by atoms with Crippen LogP contribution in [0.2, 0.25) is 0 Å². The van der Waals surface area contributed by atoms with E-state index in [0.29, 0.717) is 19.4 Å². The predicted molar refractivity (Wildman–Crippen MR) is 66.2 cm³/mol. The second-order valence-corrected chi connectivity index (χ2v) is 4.44. The van der Waals surface area contributed by atoms with Gasteiger partial charge < -0.3 is 4.74 Å². The van der Waals surface area contributed by atoms with E-state index in [1.165, 1.54) is 11.5 Å². The van der Waals surface area contributed by atoms with Gasteiger partial charge >= 0.3 is 5.97 Å². The largest absolute Gasteiger partial charge is 0.463 e. The van der Waals surface area contributed by atoms with Gasteiger partial charge in [-0.25, -0.2) is 5.06 Å². The van der Waals surface area contributed by atoms with E-state index in [2.05, 4.69) is 6.92 Å². The molecule has 0 aromatic rings. The molecular formula is C13H22NO4. The molecule has 0 aliphatic heterocycles. The van der Waals surface area contributed by atoms with Gasteiger partial charge in [0.2, 0.25) is 6.41 Å². The van der Waals surface area contributed by atoms with Crippen molar-refractivity contribution in [2.75, 3.05) is 19.8 Å². The van der Waals surface area contributed by atoms with Crippen molar-refractivity contribution in [1.29, 1.82) is 0 Å². The Bertz CT molecular complexity index is 251. The van der Waals surface area contributed by atoms with Gasteiger partial charge in [-0.3, -0.25) is 14.4 Å². The molecule has 1 radical (unpaired) electrons. The summed E-state index contributed by atoms with van der Waals surface area (Å²) in [6, 6.07) is 0. The number of hydroxylamine groups is 2. The molecule has 0 spiro atoms. The molecule has 1 fully saturated rings. The van der Waals surface area contributed by atoms with Gasteiger partial charge in [0.15, 0.2) is 0 Å². The highest BCUT2D eigenvalue weighted by Gasteiger charge is 2.22. The predicted octanol–water partition coefficient (Wildman–Crippen LogP) is 1.72. The monoisotopic (exact) mass is 256 g/mol. The first-order valence-electron chi connectivity index (χ1n) is 6.58. The van der Waals surface area contributed by atoms with Crippen LogP contribution in [0, 0.1) is 12.8 Å². The minimum Gasteiger partial charge on any atom is -0.463 e. The van der Waals surface area contributed by atoms with Crippen LogP contribution in [0.5, 0.6) is 0 Å². The number of amides is 1. The molecule has 0 heterocycles. The Morgan fingerprint density at radius 1 is 1.28 bits per heavy atom. The van der Waals surface area contributed by atoms with Crippen molar-refractivity contribution >= 4 is 12.4 Å². The van der Waals surface area contributed by atoms with Crippen molar-refractivity contribution in [1.82, 2.24) is 5.06 Å². The zero-order valence-electron chi connectivity index (χ0n) is 10.8. The standard InChI is InChI=1S/C13H22NO4/c1-2-8-14(11-15)18-10-9-17-13(16)12-6-4-3-5-7-12/h11-12H,1-10H2. The van der Waals surface area contributed by atoms with Crippen LogP contribution < -0.4 is 0 Å². The van der Waals surface area contributed by atoms with Crippen molar-refractivity contribution in [3.8, 4) is 0 Å². The summed E-state index contributed by atoms with van der Waals surface area (Å²) in [7, 11) is 0. The lowest BCUT2D eigenvalue weighted by atomic mass is 9.89. The molecule has 0 bridgehead atoms. The van der Waals surface area contributed by atoms with Gasteiger partial charge in [-0.1, -0.05) is 26.2 Å². The first-order valence-corrected chi connectivity index (χ1v) is 6.58. The number of carbonyl (C=O) groups excluding carboxylic acids is 2. The Morgan fingerprint density at radius 2 is 2.00 bits per heavy atom. The number of hydrogen-bond acceptors (Lipinski definition) is 4. The Morgan fingerprint density at radius 3 is 2.61 bits per heavy atom. The van der Waals surface area contributed by atoms with E-state index < -0.39 is 0 Å². The first kappa shape index (κ1) is 15.0. The number of carbonyl (C=O) groups is 2. The first-order chi connectivity index (χ1) is 8.77. The van der Waals surface area contributed by atoms with Gasteiger partial charge in [0, 0.05) is 6.54 Å². The molecule has 1 aliphatic carbocycles. The molecule has 5 heteroatoms. The highest BCUT2D eigenvalue weighted by molar-refractivity contribution is 5.72. The van der Waals surface area contributed by atoms with Gasteiger partial charge in [0.25, 0.3) is 0 Å². The summed E-state index contributed by atoms with van der Waals surface area (Å²) in [5.74, 6) is -0.0751. The van der Waals surface area contributed by atoms with Crippen LogP contribution in [0.15, 0.2) is 0 Å². The minimum absolute atomic E-state index is 0.0563. The Hall–Kier alpha value is -1.10. The second-order valence-electron chi connectivity index (χ2n) is 4.44. The molecule has 5 nitrogen and oxygen atoms in total. The third kappa shape index (κ3) is 5.49. The SMILES string of the molecule is [CH2]CCN(C=O)OCCOC(=O)C1CCCCC1. The van der Waals surface area contributed by atoms with Crippen molar-refractivity contribution in [3.05, 3.63) is 6.92 Å². The molecule has 18 heavy (non-hydrogen) atoms. The van der Waals surface area contributed by atoms with Crippen molar-refractivity contribution in [3.63, 3.8) is 0 Å². The lowest BCUT2D eigenvalue weighted by Crippen LogP contribution is -2.27. The minimum atomic E-state index is -0.131. The van der Waals surface area contributed by atoms with Crippen molar-refractivity contribution in [2.24, 2.45) is 5.92 Å². The van der Waals surface area contributed by atoms with E-state index in [9.17, 15) is 9.59 Å². The summed E-state index contributed by atoms with van der Waals surface area (Å²) >= 11 is 0. The Kier molecular flexibility index (Phi) is 7.41. The van der Waals surface area contributed by atoms with E-state index in [-0.39, 0.29) is 25.1 Å². The van der Waals surface area contributed by atoms with E-state index >= 15 is 0 Å². The lowest BCUT2D eigenvalue weighted by Gasteiger charge is -2.20. The van der Waals surface area contributed by atoms with E-state index in [1.54, 1.807) is 0 Å². The number of rotatable bonds is 8. The molecule has 1 aliphatic rings. The maximum atomic E-state index is 11.7. The van der Waals surface area contributed by atoms with Crippen LogP contribution in [-0.4, -0.2) is 37.2 Å². The Labute approximate surface area is 108 Å². The molecule has 1 saturated carbocycles. The summed E-state index contributed by atoms with van der Waals surface area (Å²) < 4.78 is 5.13. The molecule has 103 valence electrons.